The molecule has 1 aromatic rings. The molecule has 1 unspecified atom stereocenters. The maximum Gasteiger partial charge on any atom is 0.312 e. The summed E-state index contributed by atoms with van der Waals surface area (Å²) in [5.41, 5.74) is 0.846. The van der Waals surface area contributed by atoms with Gasteiger partial charge in [0.05, 0.1) is 5.69 Å². The van der Waals surface area contributed by atoms with Crippen molar-refractivity contribution >= 4 is 22.4 Å². The van der Waals surface area contributed by atoms with Crippen LogP contribution in [0.4, 0.5) is 5.13 Å². The van der Waals surface area contributed by atoms with Crippen molar-refractivity contribution in [1.29, 1.82) is 0 Å². The first kappa shape index (κ1) is 13.5. The van der Waals surface area contributed by atoms with Crippen molar-refractivity contribution < 1.29 is 9.90 Å². The highest BCUT2D eigenvalue weighted by Gasteiger charge is 2.34. The van der Waals surface area contributed by atoms with Crippen LogP contribution in [0.1, 0.15) is 42.2 Å². The van der Waals surface area contributed by atoms with Gasteiger partial charge in [0, 0.05) is 37.1 Å². The van der Waals surface area contributed by atoms with E-state index < -0.39 is 5.97 Å². The summed E-state index contributed by atoms with van der Waals surface area (Å²) in [4.78, 5) is 22.2. The molecule has 2 heterocycles. The second kappa shape index (κ2) is 5.25. The predicted molar refractivity (Wildman–Crippen MR) is 82.2 cm³/mol. The zero-order valence-electron chi connectivity index (χ0n) is 12.1. The minimum Gasteiger partial charge on any atom is -0.481 e. The molecule has 114 valence electrons. The van der Waals surface area contributed by atoms with E-state index in [4.69, 9.17) is 4.98 Å². The molecule has 6 heteroatoms. The molecule has 5 nitrogen and oxygen atoms in total. The lowest BCUT2D eigenvalue weighted by Crippen LogP contribution is -2.47. The summed E-state index contributed by atoms with van der Waals surface area (Å²) in [5.74, 6) is -1.10. The van der Waals surface area contributed by atoms with Gasteiger partial charge in [-0.25, -0.2) is 4.98 Å². The van der Waals surface area contributed by atoms with Crippen LogP contribution in [0.25, 0.3) is 0 Å². The zero-order valence-corrected chi connectivity index (χ0v) is 12.9. The van der Waals surface area contributed by atoms with Gasteiger partial charge in [0.1, 0.15) is 5.92 Å². The van der Waals surface area contributed by atoms with Crippen LogP contribution in [0.3, 0.4) is 0 Å². The number of aliphatic carboxylic acids is 1. The number of hydrogen-bond donors (Lipinski definition) is 1. The number of carbonyl (C=O) groups is 1. The monoisotopic (exact) mass is 307 g/mol. The number of piperazine rings is 1. The standard InChI is InChI=1S/C15H21N3O2S/c19-14(20)11-2-1-3-12-13(11)16-15(21-12)18-8-6-17(7-9-18)10-4-5-10/h10-11H,1-9H2,(H,19,20). The Morgan fingerprint density at radius 2 is 1.95 bits per heavy atom. The fourth-order valence-corrected chi connectivity index (χ4v) is 4.71. The molecule has 1 N–H and O–H groups in total. The Morgan fingerprint density at radius 3 is 2.62 bits per heavy atom. The Kier molecular flexibility index (Phi) is 3.38. The van der Waals surface area contributed by atoms with Gasteiger partial charge in [-0.3, -0.25) is 9.69 Å². The van der Waals surface area contributed by atoms with Crippen molar-refractivity contribution in [3.63, 3.8) is 0 Å². The normalized spacial score (nSPS) is 26.7. The summed E-state index contributed by atoms with van der Waals surface area (Å²) in [7, 11) is 0. The number of aryl methyl sites for hydroxylation is 1. The Balaban J connectivity index is 1.50. The van der Waals surface area contributed by atoms with E-state index in [2.05, 4.69) is 9.80 Å². The van der Waals surface area contributed by atoms with Crippen molar-refractivity contribution in [2.24, 2.45) is 0 Å². The molecule has 1 aliphatic heterocycles. The van der Waals surface area contributed by atoms with Gasteiger partial charge in [-0.1, -0.05) is 0 Å². The van der Waals surface area contributed by atoms with Crippen molar-refractivity contribution in [2.75, 3.05) is 31.1 Å². The van der Waals surface area contributed by atoms with E-state index in [1.165, 1.54) is 17.7 Å². The number of carboxylic acid groups (broad SMARTS) is 1. The fraction of sp³-hybridized carbons (Fsp3) is 0.733. The summed E-state index contributed by atoms with van der Waals surface area (Å²) >= 11 is 1.72. The third-order valence-corrected chi connectivity index (χ3v) is 6.08. The molecule has 4 rings (SSSR count). The van der Waals surface area contributed by atoms with Gasteiger partial charge in [-0.05, 0) is 32.1 Å². The second-order valence-corrected chi connectivity index (χ2v) is 7.40. The highest BCUT2D eigenvalue weighted by molar-refractivity contribution is 7.15. The van der Waals surface area contributed by atoms with Crippen LogP contribution < -0.4 is 4.90 Å². The zero-order chi connectivity index (χ0) is 14.4. The molecule has 2 fully saturated rings. The van der Waals surface area contributed by atoms with Crippen molar-refractivity contribution in [3.8, 4) is 0 Å². The predicted octanol–water partition coefficient (Wildman–Crippen LogP) is 1.93. The minimum atomic E-state index is -0.716. The largest absolute Gasteiger partial charge is 0.481 e. The van der Waals surface area contributed by atoms with Crippen LogP contribution in [-0.2, 0) is 11.2 Å². The summed E-state index contributed by atoms with van der Waals surface area (Å²) in [6, 6.07) is 0.841. The Bertz CT molecular complexity index is 547. The number of rotatable bonds is 3. The van der Waals surface area contributed by atoms with E-state index in [0.717, 1.165) is 62.3 Å². The van der Waals surface area contributed by atoms with Crippen LogP contribution in [0.2, 0.25) is 0 Å². The van der Waals surface area contributed by atoms with Crippen LogP contribution in [0.15, 0.2) is 0 Å². The third kappa shape index (κ3) is 2.55. The first-order chi connectivity index (χ1) is 10.2. The molecule has 1 saturated heterocycles. The average molecular weight is 307 g/mol. The number of anilines is 1. The summed E-state index contributed by atoms with van der Waals surface area (Å²) in [6.45, 7) is 4.30. The lowest BCUT2D eigenvalue weighted by atomic mass is 9.91. The molecular formula is C15H21N3O2S. The first-order valence-electron chi connectivity index (χ1n) is 7.94. The molecule has 0 radical (unpaired) electrons. The van der Waals surface area contributed by atoms with Gasteiger partial charge in [0.15, 0.2) is 5.13 Å². The molecule has 1 saturated carbocycles. The number of hydrogen-bond acceptors (Lipinski definition) is 5. The molecule has 1 atom stereocenters. The van der Waals surface area contributed by atoms with E-state index in [-0.39, 0.29) is 5.92 Å². The van der Waals surface area contributed by atoms with Gasteiger partial charge >= 0.3 is 5.97 Å². The van der Waals surface area contributed by atoms with Gasteiger partial charge in [-0.15, -0.1) is 11.3 Å². The molecule has 21 heavy (non-hydrogen) atoms. The van der Waals surface area contributed by atoms with Crippen LogP contribution in [0.5, 0.6) is 0 Å². The number of fused-ring (bicyclic) bond motifs is 1. The summed E-state index contributed by atoms with van der Waals surface area (Å²) in [6.07, 6.45) is 5.44. The van der Waals surface area contributed by atoms with Gasteiger partial charge < -0.3 is 10.0 Å². The van der Waals surface area contributed by atoms with Crippen LogP contribution >= 0.6 is 11.3 Å². The lowest BCUT2D eigenvalue weighted by Gasteiger charge is -2.34. The number of nitrogens with zero attached hydrogens (tertiary/aromatic N) is 3. The van der Waals surface area contributed by atoms with Crippen LogP contribution in [-0.4, -0.2) is 53.2 Å². The smallest absolute Gasteiger partial charge is 0.312 e. The summed E-state index contributed by atoms with van der Waals surface area (Å²) < 4.78 is 0. The topological polar surface area (TPSA) is 56.7 Å². The van der Waals surface area contributed by atoms with E-state index >= 15 is 0 Å². The van der Waals surface area contributed by atoms with Crippen molar-refractivity contribution in [1.82, 2.24) is 9.88 Å². The maximum atomic E-state index is 11.4. The quantitative estimate of drug-likeness (QED) is 0.925. The van der Waals surface area contributed by atoms with Gasteiger partial charge in [0.2, 0.25) is 0 Å². The third-order valence-electron chi connectivity index (χ3n) is 4.89. The first-order valence-corrected chi connectivity index (χ1v) is 8.75. The number of thiazole rings is 1. The maximum absolute atomic E-state index is 11.4. The van der Waals surface area contributed by atoms with Gasteiger partial charge in [-0.2, -0.15) is 0 Å². The minimum absolute atomic E-state index is 0.383. The van der Waals surface area contributed by atoms with Crippen molar-refractivity contribution in [3.05, 3.63) is 10.6 Å². The van der Waals surface area contributed by atoms with Gasteiger partial charge in [0.25, 0.3) is 0 Å². The van der Waals surface area contributed by atoms with E-state index in [0.29, 0.717) is 0 Å². The highest BCUT2D eigenvalue weighted by Crippen LogP contribution is 2.38. The Hall–Kier alpha value is -1.14. The highest BCUT2D eigenvalue weighted by atomic mass is 32.1. The van der Waals surface area contributed by atoms with E-state index in [1.807, 2.05) is 0 Å². The second-order valence-electron chi connectivity index (χ2n) is 6.34. The number of carboxylic acids is 1. The molecule has 1 aromatic heterocycles. The molecule has 3 aliphatic rings. The average Bonchev–Trinajstić information content (AvgIpc) is 3.25. The number of aromatic nitrogens is 1. The Morgan fingerprint density at radius 1 is 1.19 bits per heavy atom. The van der Waals surface area contributed by atoms with Crippen molar-refractivity contribution in [2.45, 2.75) is 44.1 Å². The molecular weight excluding hydrogens is 286 g/mol. The van der Waals surface area contributed by atoms with E-state index in [9.17, 15) is 9.90 Å². The SMILES string of the molecule is O=C(O)C1CCCc2sc(N3CCN(C4CC4)CC3)nc21. The Labute approximate surface area is 128 Å². The molecule has 0 spiro atoms. The van der Waals surface area contributed by atoms with Crippen LogP contribution in [0, 0.1) is 0 Å². The molecule has 2 aliphatic carbocycles. The molecule has 0 aromatic carbocycles. The molecule has 0 bridgehead atoms. The summed E-state index contributed by atoms with van der Waals surface area (Å²) in [5, 5.41) is 10.4. The lowest BCUT2D eigenvalue weighted by molar-refractivity contribution is -0.139. The molecule has 0 amide bonds. The van der Waals surface area contributed by atoms with E-state index in [1.54, 1.807) is 11.3 Å². The fourth-order valence-electron chi connectivity index (χ4n) is 3.50.